The van der Waals surface area contributed by atoms with Crippen LogP contribution in [0.5, 0.6) is 0 Å². The van der Waals surface area contributed by atoms with E-state index < -0.39 is 0 Å². The first-order valence-corrected chi connectivity index (χ1v) is 14.2. The summed E-state index contributed by atoms with van der Waals surface area (Å²) in [5.41, 5.74) is 6.30. The fraction of sp³-hybridized carbons (Fsp3) is 0.412. The van der Waals surface area contributed by atoms with Crippen LogP contribution in [0.1, 0.15) is 44.6 Å². The van der Waals surface area contributed by atoms with E-state index in [-0.39, 0.29) is 0 Å². The van der Waals surface area contributed by atoms with Gasteiger partial charge in [-0.2, -0.15) is 0 Å². The quantitative estimate of drug-likeness (QED) is 0.407. The van der Waals surface area contributed by atoms with Crippen molar-refractivity contribution in [3.05, 3.63) is 115 Å². The van der Waals surface area contributed by atoms with Gasteiger partial charge in [-0.3, -0.25) is 0 Å². The van der Waals surface area contributed by atoms with Crippen LogP contribution in [0.3, 0.4) is 0 Å². The van der Waals surface area contributed by atoms with E-state index in [0.717, 1.165) is 72.6 Å². The largest absolute Gasteiger partial charge is 0.388 e. The van der Waals surface area contributed by atoms with E-state index >= 15 is 0 Å². The Labute approximate surface area is 232 Å². The molecule has 4 heteroatoms. The van der Waals surface area contributed by atoms with Crippen LogP contribution >= 0.6 is 0 Å². The highest BCUT2D eigenvalue weighted by molar-refractivity contribution is 5.85. The van der Waals surface area contributed by atoms with Gasteiger partial charge in [-0.15, -0.1) is 0 Å². The normalized spacial score (nSPS) is 22.0. The van der Waals surface area contributed by atoms with Crippen molar-refractivity contribution in [3.63, 3.8) is 0 Å². The molecule has 4 nitrogen and oxygen atoms in total. The SMILES string of the molecule is C=CC1=CN(C2C=CC2)CCCN(CC)CCCCCN(C)/C=C(\c2ccccc2)C(C=C)=C1C(=C)NC. The molecule has 0 aromatic heterocycles. The zero-order chi connectivity index (χ0) is 27.3. The van der Waals surface area contributed by atoms with Crippen LogP contribution < -0.4 is 5.32 Å². The maximum atomic E-state index is 4.42. The third-order valence-electron chi connectivity index (χ3n) is 7.60. The zero-order valence-electron chi connectivity index (χ0n) is 24.0. The number of likely N-dealkylation sites (N-methyl/N-ethyl adjacent to an activating group) is 1. The number of rotatable bonds is 7. The molecule has 38 heavy (non-hydrogen) atoms. The van der Waals surface area contributed by atoms with E-state index in [9.17, 15) is 0 Å². The molecule has 0 spiro atoms. The van der Waals surface area contributed by atoms with Gasteiger partial charge in [-0.05, 0) is 62.0 Å². The predicted octanol–water partition coefficient (Wildman–Crippen LogP) is 6.77. The van der Waals surface area contributed by atoms with Crippen molar-refractivity contribution in [3.8, 4) is 0 Å². The Balaban J connectivity index is 2.19. The molecule has 1 atom stereocenters. The fourth-order valence-corrected chi connectivity index (χ4v) is 5.17. The fourth-order valence-electron chi connectivity index (χ4n) is 5.17. The number of hydrogen-bond acceptors (Lipinski definition) is 4. The van der Waals surface area contributed by atoms with Gasteiger partial charge in [-0.25, -0.2) is 0 Å². The molecule has 0 saturated carbocycles. The molecule has 1 aromatic carbocycles. The molecule has 3 rings (SSSR count). The molecule has 1 heterocycles. The zero-order valence-corrected chi connectivity index (χ0v) is 24.0. The van der Waals surface area contributed by atoms with Crippen molar-refractivity contribution in [2.75, 3.05) is 46.8 Å². The predicted molar refractivity (Wildman–Crippen MR) is 166 cm³/mol. The van der Waals surface area contributed by atoms with E-state index in [1.807, 2.05) is 19.2 Å². The number of nitrogens with one attached hydrogen (secondary N) is 1. The summed E-state index contributed by atoms with van der Waals surface area (Å²) in [4.78, 5) is 7.42. The third-order valence-corrected chi connectivity index (χ3v) is 7.60. The van der Waals surface area contributed by atoms with Crippen LogP contribution in [0.15, 0.2) is 109 Å². The molecular weight excluding hydrogens is 464 g/mol. The summed E-state index contributed by atoms with van der Waals surface area (Å²) in [5.74, 6) is 0. The van der Waals surface area contributed by atoms with Crippen LogP contribution in [0.2, 0.25) is 0 Å². The number of benzene rings is 1. The van der Waals surface area contributed by atoms with Gasteiger partial charge in [0, 0.05) is 56.4 Å². The summed E-state index contributed by atoms with van der Waals surface area (Å²) in [6, 6.07) is 11.0. The van der Waals surface area contributed by atoms with Gasteiger partial charge in [0.1, 0.15) is 0 Å². The molecule has 0 fully saturated rings. The van der Waals surface area contributed by atoms with Gasteiger partial charge in [0.05, 0.1) is 6.04 Å². The third kappa shape index (κ3) is 7.88. The first-order valence-electron chi connectivity index (χ1n) is 14.2. The molecule has 0 saturated heterocycles. The monoisotopic (exact) mass is 512 g/mol. The van der Waals surface area contributed by atoms with Crippen molar-refractivity contribution in [1.82, 2.24) is 20.0 Å². The summed E-state index contributed by atoms with van der Waals surface area (Å²) >= 11 is 0. The molecule has 0 radical (unpaired) electrons. The van der Waals surface area contributed by atoms with Crippen molar-refractivity contribution in [2.24, 2.45) is 0 Å². The molecule has 1 aliphatic carbocycles. The Bertz CT molecular complexity index is 1060. The average Bonchev–Trinajstić information content (AvgIpc) is 2.91. The van der Waals surface area contributed by atoms with Crippen molar-refractivity contribution in [1.29, 1.82) is 0 Å². The van der Waals surface area contributed by atoms with Crippen molar-refractivity contribution >= 4 is 5.57 Å². The lowest BCUT2D eigenvalue weighted by atomic mass is 9.89. The van der Waals surface area contributed by atoms with Gasteiger partial charge in [0.25, 0.3) is 0 Å². The second-order valence-corrected chi connectivity index (χ2v) is 10.2. The molecule has 204 valence electrons. The Morgan fingerprint density at radius 1 is 0.974 bits per heavy atom. The number of allylic oxidation sites excluding steroid dienone is 5. The average molecular weight is 513 g/mol. The Morgan fingerprint density at radius 2 is 1.68 bits per heavy atom. The second kappa shape index (κ2) is 15.2. The van der Waals surface area contributed by atoms with E-state index in [4.69, 9.17) is 0 Å². The van der Waals surface area contributed by atoms with Gasteiger partial charge >= 0.3 is 0 Å². The topological polar surface area (TPSA) is 21.8 Å². The summed E-state index contributed by atoms with van der Waals surface area (Å²) in [5, 5.41) is 3.32. The molecule has 1 aliphatic heterocycles. The van der Waals surface area contributed by atoms with Gasteiger partial charge in [0.15, 0.2) is 0 Å². The van der Waals surface area contributed by atoms with Gasteiger partial charge in [0.2, 0.25) is 0 Å². The Hall–Kier alpha value is -3.24. The molecule has 1 N–H and O–H groups in total. The molecule has 2 aliphatic rings. The molecule has 0 amide bonds. The smallest absolute Gasteiger partial charge is 0.0502 e. The molecule has 0 bridgehead atoms. The summed E-state index contributed by atoms with van der Waals surface area (Å²) in [7, 11) is 4.11. The standard InChI is InChI=1S/C34H48N4/c1-7-29-26-38(31-20-16-21-31)25-17-24-37(9-3)23-15-11-14-22-36(6)27-33(30-18-12-10-13-19-30)32(8-2)34(29)28(4)35-5/h7-8,10,12-13,16,18-20,26-27,31,35H,1-2,4,9,11,14-15,17,21-25H2,3,5-6H3/b29-26?,33-27+,34-32?. The van der Waals surface area contributed by atoms with Crippen LogP contribution in [-0.2, 0) is 0 Å². The highest BCUT2D eigenvalue weighted by Gasteiger charge is 2.21. The highest BCUT2D eigenvalue weighted by atomic mass is 15.2. The number of hydrogen-bond donors (Lipinski definition) is 1. The van der Waals surface area contributed by atoms with E-state index in [1.54, 1.807) is 0 Å². The number of nitrogens with zero attached hydrogens (tertiary/aromatic N) is 3. The lowest BCUT2D eigenvalue weighted by Crippen LogP contribution is -2.36. The van der Waals surface area contributed by atoms with E-state index in [2.05, 4.69) is 109 Å². The maximum Gasteiger partial charge on any atom is 0.0502 e. The maximum absolute atomic E-state index is 4.42. The van der Waals surface area contributed by atoms with Crippen LogP contribution in [0, 0.1) is 0 Å². The molecular formula is C34H48N4. The van der Waals surface area contributed by atoms with Crippen LogP contribution in [-0.4, -0.2) is 67.6 Å². The van der Waals surface area contributed by atoms with Gasteiger partial charge < -0.3 is 20.0 Å². The van der Waals surface area contributed by atoms with E-state index in [1.165, 1.54) is 25.8 Å². The van der Waals surface area contributed by atoms with E-state index in [0.29, 0.717) is 6.04 Å². The lowest BCUT2D eigenvalue weighted by molar-refractivity contribution is 0.241. The molecule has 1 aromatic rings. The highest BCUT2D eigenvalue weighted by Crippen LogP contribution is 2.34. The first-order chi connectivity index (χ1) is 18.5. The van der Waals surface area contributed by atoms with Gasteiger partial charge in [-0.1, -0.05) is 87.7 Å². The van der Waals surface area contributed by atoms with Crippen molar-refractivity contribution < 1.29 is 0 Å². The minimum Gasteiger partial charge on any atom is -0.388 e. The summed E-state index contributed by atoms with van der Waals surface area (Å²) in [6.45, 7) is 20.7. The Morgan fingerprint density at radius 3 is 2.29 bits per heavy atom. The summed E-state index contributed by atoms with van der Waals surface area (Å²) < 4.78 is 0. The minimum absolute atomic E-state index is 0.425. The Kier molecular flexibility index (Phi) is 11.8. The first kappa shape index (κ1) is 29.3. The van der Waals surface area contributed by atoms with Crippen molar-refractivity contribution in [2.45, 2.75) is 45.1 Å². The van der Waals surface area contributed by atoms with Crippen LogP contribution in [0.4, 0.5) is 0 Å². The molecule has 1 unspecified atom stereocenters. The van der Waals surface area contributed by atoms with Crippen LogP contribution in [0.25, 0.3) is 5.57 Å². The summed E-state index contributed by atoms with van der Waals surface area (Å²) in [6.07, 6.45) is 19.0. The lowest BCUT2D eigenvalue weighted by Gasteiger charge is -2.34. The minimum atomic E-state index is 0.425. The second-order valence-electron chi connectivity index (χ2n) is 10.2.